The Hall–Kier alpha value is -2.56. The Morgan fingerprint density at radius 1 is 1.15 bits per heavy atom. The van der Waals surface area contributed by atoms with Crippen LogP contribution in [-0.2, 0) is 28.7 Å². The molecule has 1 spiro atoms. The summed E-state index contributed by atoms with van der Waals surface area (Å²) in [7, 11) is 0. The molecule has 2 saturated heterocycles. The van der Waals surface area contributed by atoms with E-state index in [9.17, 15) is 24.0 Å². The minimum absolute atomic E-state index is 0.0566. The zero-order chi connectivity index (χ0) is 25.1. The number of nitrogens with zero attached hydrogens (tertiary/aromatic N) is 2. The molecule has 0 atom stereocenters. The maximum Gasteiger partial charge on any atom is 0.333 e. The quantitative estimate of drug-likeness (QED) is 0.323. The number of ether oxygens (including phenoxy) is 2. The minimum Gasteiger partial charge on any atom is -0.463 e. The molecule has 34 heavy (non-hydrogen) atoms. The third-order valence-corrected chi connectivity index (χ3v) is 7.64. The van der Waals surface area contributed by atoms with Gasteiger partial charge in [-0.25, -0.2) is 9.59 Å². The fourth-order valence-corrected chi connectivity index (χ4v) is 5.57. The van der Waals surface area contributed by atoms with Crippen LogP contribution in [0.4, 0.5) is 4.79 Å². The second-order valence-corrected chi connectivity index (χ2v) is 10.8. The van der Waals surface area contributed by atoms with Crippen molar-refractivity contribution in [1.82, 2.24) is 15.1 Å². The van der Waals surface area contributed by atoms with Crippen molar-refractivity contribution in [2.75, 3.05) is 32.1 Å². The molecular weight excluding hydrogens is 462 g/mol. The molecule has 0 unspecified atom stereocenters. The van der Waals surface area contributed by atoms with Crippen LogP contribution in [0.25, 0.3) is 0 Å². The van der Waals surface area contributed by atoms with Gasteiger partial charge in [0.15, 0.2) is 0 Å². The molecule has 10 nitrogen and oxygen atoms in total. The first-order valence-electron chi connectivity index (χ1n) is 11.6. The Morgan fingerprint density at radius 2 is 1.82 bits per heavy atom. The van der Waals surface area contributed by atoms with Crippen LogP contribution >= 0.6 is 11.8 Å². The van der Waals surface area contributed by atoms with Gasteiger partial charge in [-0.05, 0) is 43.9 Å². The summed E-state index contributed by atoms with van der Waals surface area (Å²) in [5.41, 5.74) is -0.803. The van der Waals surface area contributed by atoms with E-state index in [1.807, 2.05) is 0 Å². The third kappa shape index (κ3) is 5.73. The van der Waals surface area contributed by atoms with E-state index in [1.54, 1.807) is 6.92 Å². The highest BCUT2D eigenvalue weighted by Gasteiger charge is 2.53. The van der Waals surface area contributed by atoms with E-state index in [0.29, 0.717) is 23.8 Å². The number of carbonyl (C=O) groups is 5. The smallest absolute Gasteiger partial charge is 0.333 e. The second-order valence-electron chi connectivity index (χ2n) is 9.83. The molecule has 2 aliphatic heterocycles. The SMILES string of the molecule is CCOC(=O)/C=C1\SCC(=O)N1CCOC(=O)CN1C(=O)NC2(CCC(C(C)(C)C)CC2)C1=O. The van der Waals surface area contributed by atoms with Crippen LogP contribution in [0.15, 0.2) is 11.1 Å². The average Bonchev–Trinajstić information content (AvgIpc) is 3.20. The molecule has 11 heteroatoms. The largest absolute Gasteiger partial charge is 0.463 e. The van der Waals surface area contributed by atoms with E-state index >= 15 is 0 Å². The summed E-state index contributed by atoms with van der Waals surface area (Å²) in [5.74, 6) is -1.23. The molecule has 3 fully saturated rings. The lowest BCUT2D eigenvalue weighted by molar-refractivity contribution is -0.149. The van der Waals surface area contributed by atoms with Gasteiger partial charge in [-0.1, -0.05) is 32.5 Å². The molecule has 0 bridgehead atoms. The van der Waals surface area contributed by atoms with E-state index in [4.69, 9.17) is 9.47 Å². The molecule has 3 rings (SSSR count). The van der Waals surface area contributed by atoms with E-state index in [-0.39, 0.29) is 42.7 Å². The minimum atomic E-state index is -0.939. The van der Waals surface area contributed by atoms with Gasteiger partial charge in [0.05, 0.1) is 30.0 Å². The highest BCUT2D eigenvalue weighted by molar-refractivity contribution is 8.04. The molecule has 188 valence electrons. The Bertz CT molecular complexity index is 887. The molecule has 3 aliphatic rings. The second kappa shape index (κ2) is 10.4. The number of hydrogen-bond acceptors (Lipinski definition) is 8. The van der Waals surface area contributed by atoms with E-state index in [1.165, 1.54) is 22.7 Å². The predicted octanol–water partition coefficient (Wildman–Crippen LogP) is 2.04. The van der Waals surface area contributed by atoms with Gasteiger partial charge >= 0.3 is 18.0 Å². The summed E-state index contributed by atoms with van der Waals surface area (Å²) in [6, 6.07) is -0.582. The van der Waals surface area contributed by atoms with E-state index < -0.39 is 30.1 Å². The van der Waals surface area contributed by atoms with Crippen LogP contribution in [0.2, 0.25) is 0 Å². The zero-order valence-electron chi connectivity index (χ0n) is 20.2. The number of amides is 4. The van der Waals surface area contributed by atoms with Crippen molar-refractivity contribution in [2.45, 2.75) is 58.9 Å². The Balaban J connectivity index is 1.50. The fourth-order valence-electron chi connectivity index (χ4n) is 4.61. The van der Waals surface area contributed by atoms with Gasteiger partial charge < -0.3 is 19.7 Å². The molecule has 2 heterocycles. The summed E-state index contributed by atoms with van der Waals surface area (Å²) in [6.07, 6.45) is 4.00. The number of imide groups is 1. The van der Waals surface area contributed by atoms with Gasteiger partial charge in [0.25, 0.3) is 5.91 Å². The first-order chi connectivity index (χ1) is 16.0. The number of carbonyl (C=O) groups excluding carboxylic acids is 5. The number of hydrogen-bond donors (Lipinski definition) is 1. The summed E-state index contributed by atoms with van der Waals surface area (Å²) in [4.78, 5) is 63.9. The van der Waals surface area contributed by atoms with Crippen molar-refractivity contribution in [2.24, 2.45) is 11.3 Å². The van der Waals surface area contributed by atoms with Gasteiger partial charge in [0.2, 0.25) is 5.91 Å². The average molecular weight is 496 g/mol. The first-order valence-corrected chi connectivity index (χ1v) is 12.6. The first kappa shape index (κ1) is 26.1. The van der Waals surface area contributed by atoms with Gasteiger partial charge in [-0.2, -0.15) is 0 Å². The number of nitrogens with one attached hydrogen (secondary N) is 1. The molecular formula is C23H33N3O7S. The van der Waals surface area contributed by atoms with Gasteiger partial charge in [-0.3, -0.25) is 19.3 Å². The Morgan fingerprint density at radius 3 is 2.44 bits per heavy atom. The lowest BCUT2D eigenvalue weighted by atomic mass is 9.67. The van der Waals surface area contributed by atoms with Crippen molar-refractivity contribution >= 4 is 41.5 Å². The number of rotatable bonds is 7. The van der Waals surface area contributed by atoms with Crippen molar-refractivity contribution in [3.63, 3.8) is 0 Å². The van der Waals surface area contributed by atoms with Crippen molar-refractivity contribution in [1.29, 1.82) is 0 Å². The van der Waals surface area contributed by atoms with E-state index in [0.717, 1.165) is 17.7 Å². The molecule has 0 aromatic rings. The van der Waals surface area contributed by atoms with Crippen molar-refractivity contribution < 1.29 is 33.4 Å². The summed E-state index contributed by atoms with van der Waals surface area (Å²) in [6.45, 7) is 7.88. The monoisotopic (exact) mass is 495 g/mol. The molecule has 0 aromatic heterocycles. The van der Waals surface area contributed by atoms with Crippen LogP contribution in [-0.4, -0.2) is 77.2 Å². The lowest BCUT2D eigenvalue weighted by Crippen LogP contribution is -2.50. The van der Waals surface area contributed by atoms with Crippen LogP contribution in [0.5, 0.6) is 0 Å². The summed E-state index contributed by atoms with van der Waals surface area (Å²) < 4.78 is 10.1. The molecule has 1 saturated carbocycles. The normalized spacial score (nSPS) is 26.4. The topological polar surface area (TPSA) is 122 Å². The molecule has 1 N–H and O–H groups in total. The van der Waals surface area contributed by atoms with Gasteiger partial charge in [-0.15, -0.1) is 0 Å². The van der Waals surface area contributed by atoms with Crippen LogP contribution in [0.3, 0.4) is 0 Å². The highest BCUT2D eigenvalue weighted by Crippen LogP contribution is 2.43. The Labute approximate surface area is 203 Å². The molecule has 4 amide bonds. The molecule has 0 radical (unpaired) electrons. The highest BCUT2D eigenvalue weighted by atomic mass is 32.2. The van der Waals surface area contributed by atoms with Crippen LogP contribution in [0.1, 0.15) is 53.4 Å². The Kier molecular flexibility index (Phi) is 7.95. The zero-order valence-corrected chi connectivity index (χ0v) is 21.0. The summed E-state index contributed by atoms with van der Waals surface area (Å²) >= 11 is 1.20. The van der Waals surface area contributed by atoms with Gasteiger partial charge in [0, 0.05) is 0 Å². The third-order valence-electron chi connectivity index (χ3n) is 6.61. The van der Waals surface area contributed by atoms with Crippen molar-refractivity contribution in [3.05, 3.63) is 11.1 Å². The van der Waals surface area contributed by atoms with Crippen molar-refractivity contribution in [3.8, 4) is 0 Å². The summed E-state index contributed by atoms with van der Waals surface area (Å²) in [5, 5.41) is 3.24. The standard InChI is InChI=1S/C23H33N3O7S/c1-5-32-18(28)12-17-25(16(27)14-34-17)10-11-33-19(29)13-26-20(30)23(24-21(26)31)8-6-15(7-9-23)22(2,3)4/h12,15H,5-11,13-14H2,1-4H3,(H,24,31)/b17-12-. The maximum absolute atomic E-state index is 13.0. The molecule has 0 aromatic carbocycles. The van der Waals surface area contributed by atoms with Crippen LogP contribution < -0.4 is 5.32 Å². The van der Waals surface area contributed by atoms with Gasteiger partial charge in [0.1, 0.15) is 18.7 Å². The number of thioether (sulfide) groups is 1. The van der Waals surface area contributed by atoms with Crippen LogP contribution in [0, 0.1) is 11.3 Å². The number of urea groups is 1. The van der Waals surface area contributed by atoms with E-state index in [2.05, 4.69) is 26.1 Å². The maximum atomic E-state index is 13.0. The fraction of sp³-hybridized carbons (Fsp3) is 0.696. The lowest BCUT2D eigenvalue weighted by Gasteiger charge is -2.40. The predicted molar refractivity (Wildman–Crippen MR) is 124 cm³/mol. The molecule has 1 aliphatic carbocycles. The number of esters is 2.